The number of aromatic nitrogens is 1. The van der Waals surface area contributed by atoms with Crippen molar-refractivity contribution in [3.8, 4) is 23.1 Å². The minimum absolute atomic E-state index is 0.154. The first-order valence-corrected chi connectivity index (χ1v) is 5.96. The molecule has 0 bridgehead atoms. The first-order chi connectivity index (χ1) is 10.3. The van der Waals surface area contributed by atoms with E-state index < -0.39 is 22.9 Å². The lowest BCUT2D eigenvalue weighted by Crippen LogP contribution is -2.33. The van der Waals surface area contributed by atoms with Crippen LogP contribution in [0, 0.1) is 11.3 Å². The van der Waals surface area contributed by atoms with E-state index in [-0.39, 0.29) is 11.3 Å². The molecule has 2 rings (SSSR count). The fraction of sp³-hybridized carbons (Fsp3) is 0.143. The number of alkyl halides is 3. The van der Waals surface area contributed by atoms with Crippen LogP contribution in [0.1, 0.15) is 11.1 Å². The summed E-state index contributed by atoms with van der Waals surface area (Å²) in [6.45, 7) is 0. The van der Waals surface area contributed by atoms with E-state index in [0.717, 1.165) is 0 Å². The quantitative estimate of drug-likeness (QED) is 0.862. The average Bonchev–Trinajstić information content (AvgIpc) is 2.48. The SMILES string of the molecule is COc1ccc(-c2cc(C(F)(F)F)c(C#N)c(=O)n2N)cc1. The van der Waals surface area contributed by atoms with Crippen LogP contribution < -0.4 is 16.1 Å². The number of hydrogen-bond acceptors (Lipinski definition) is 4. The lowest BCUT2D eigenvalue weighted by atomic mass is 10.0. The number of halogens is 3. The molecule has 0 aliphatic carbocycles. The summed E-state index contributed by atoms with van der Waals surface area (Å²) < 4.78 is 44.5. The van der Waals surface area contributed by atoms with Crippen molar-refractivity contribution >= 4 is 0 Å². The Morgan fingerprint density at radius 1 is 1.27 bits per heavy atom. The lowest BCUT2D eigenvalue weighted by Gasteiger charge is -2.14. The summed E-state index contributed by atoms with van der Waals surface area (Å²) in [6, 6.07) is 7.90. The van der Waals surface area contributed by atoms with Gasteiger partial charge in [-0.15, -0.1) is 0 Å². The molecule has 0 saturated carbocycles. The third-order valence-corrected chi connectivity index (χ3v) is 3.05. The topological polar surface area (TPSA) is 81.0 Å². The molecule has 0 radical (unpaired) electrons. The molecule has 5 nitrogen and oxygen atoms in total. The highest BCUT2D eigenvalue weighted by atomic mass is 19.4. The van der Waals surface area contributed by atoms with Crippen LogP contribution in [0.3, 0.4) is 0 Å². The Morgan fingerprint density at radius 2 is 1.86 bits per heavy atom. The maximum atomic E-state index is 13.0. The summed E-state index contributed by atoms with van der Waals surface area (Å²) in [5.41, 5.74) is -3.42. The van der Waals surface area contributed by atoms with E-state index in [0.29, 0.717) is 16.5 Å². The number of rotatable bonds is 2. The van der Waals surface area contributed by atoms with Crippen molar-refractivity contribution in [2.24, 2.45) is 0 Å². The molecular weight excluding hydrogens is 299 g/mol. The third-order valence-electron chi connectivity index (χ3n) is 3.05. The molecular formula is C14H10F3N3O2. The zero-order valence-electron chi connectivity index (χ0n) is 11.3. The van der Waals surface area contributed by atoms with E-state index in [1.54, 1.807) is 0 Å². The number of pyridine rings is 1. The lowest BCUT2D eigenvalue weighted by molar-refractivity contribution is -0.137. The fourth-order valence-electron chi connectivity index (χ4n) is 1.94. The van der Waals surface area contributed by atoms with Crippen molar-refractivity contribution in [2.45, 2.75) is 6.18 Å². The number of benzene rings is 1. The second-order valence-corrected chi connectivity index (χ2v) is 4.33. The number of nitrogen functional groups attached to an aromatic ring is 1. The maximum absolute atomic E-state index is 13.0. The first kappa shape index (κ1) is 15.4. The number of nitrogens with two attached hydrogens (primary N) is 1. The first-order valence-electron chi connectivity index (χ1n) is 5.96. The maximum Gasteiger partial charge on any atom is 0.417 e. The van der Waals surface area contributed by atoms with Gasteiger partial charge in [-0.2, -0.15) is 18.4 Å². The number of hydrogen-bond donors (Lipinski definition) is 1. The molecule has 2 aromatic rings. The molecule has 8 heteroatoms. The van der Waals surface area contributed by atoms with Crippen molar-refractivity contribution in [1.29, 1.82) is 5.26 Å². The van der Waals surface area contributed by atoms with Gasteiger partial charge in [-0.05, 0) is 30.3 Å². The van der Waals surface area contributed by atoms with Crippen LogP contribution in [0.15, 0.2) is 35.1 Å². The zero-order chi connectivity index (χ0) is 16.5. The minimum atomic E-state index is -4.83. The van der Waals surface area contributed by atoms with E-state index in [4.69, 9.17) is 15.8 Å². The van der Waals surface area contributed by atoms with E-state index in [1.165, 1.54) is 37.4 Å². The van der Waals surface area contributed by atoms with Gasteiger partial charge in [-0.25, -0.2) is 4.68 Å². The summed E-state index contributed by atoms with van der Waals surface area (Å²) in [6.07, 6.45) is -4.83. The Hall–Kier alpha value is -2.95. The van der Waals surface area contributed by atoms with Gasteiger partial charge < -0.3 is 10.6 Å². The van der Waals surface area contributed by atoms with E-state index in [1.807, 2.05) is 0 Å². The van der Waals surface area contributed by atoms with Crippen molar-refractivity contribution in [2.75, 3.05) is 13.0 Å². The predicted molar refractivity (Wildman–Crippen MR) is 72.6 cm³/mol. The van der Waals surface area contributed by atoms with Crippen LogP contribution in [-0.2, 0) is 6.18 Å². The van der Waals surface area contributed by atoms with Crippen LogP contribution in [0.4, 0.5) is 13.2 Å². The predicted octanol–water partition coefficient (Wildman–Crippen LogP) is 2.13. The molecule has 0 fully saturated rings. The van der Waals surface area contributed by atoms with Crippen LogP contribution >= 0.6 is 0 Å². The highest BCUT2D eigenvalue weighted by molar-refractivity contribution is 5.63. The molecule has 22 heavy (non-hydrogen) atoms. The number of nitrogens with zero attached hydrogens (tertiary/aromatic N) is 2. The minimum Gasteiger partial charge on any atom is -0.497 e. The Bertz CT molecular complexity index is 802. The van der Waals surface area contributed by atoms with Crippen LogP contribution in [0.5, 0.6) is 5.75 Å². The van der Waals surface area contributed by atoms with E-state index in [2.05, 4.69) is 0 Å². The number of methoxy groups -OCH3 is 1. The number of ether oxygens (including phenoxy) is 1. The second kappa shape index (κ2) is 5.44. The third kappa shape index (κ3) is 2.61. The van der Waals surface area contributed by atoms with Crippen molar-refractivity contribution in [3.63, 3.8) is 0 Å². The standard InChI is InChI=1S/C14H10F3N3O2/c1-22-9-4-2-8(3-5-9)12-6-11(14(15,16)17)10(7-18)13(21)20(12)19/h2-6H,19H2,1H3. The normalized spacial score (nSPS) is 11.0. The van der Waals surface area contributed by atoms with Crippen molar-refractivity contribution < 1.29 is 17.9 Å². The molecule has 114 valence electrons. The molecule has 2 N–H and O–H groups in total. The average molecular weight is 309 g/mol. The molecule has 0 amide bonds. The summed E-state index contributed by atoms with van der Waals surface area (Å²) in [7, 11) is 1.44. The van der Waals surface area contributed by atoms with Gasteiger partial charge in [0, 0.05) is 5.56 Å². The molecule has 0 atom stereocenters. The molecule has 0 spiro atoms. The largest absolute Gasteiger partial charge is 0.497 e. The van der Waals surface area contributed by atoms with Crippen molar-refractivity contribution in [3.05, 3.63) is 51.8 Å². The molecule has 1 heterocycles. The van der Waals surface area contributed by atoms with Gasteiger partial charge >= 0.3 is 6.18 Å². The smallest absolute Gasteiger partial charge is 0.417 e. The van der Waals surface area contributed by atoms with Gasteiger partial charge in [0.1, 0.15) is 17.4 Å². The van der Waals surface area contributed by atoms with Gasteiger partial charge in [0.05, 0.1) is 18.4 Å². The molecule has 0 aliphatic heterocycles. The fourth-order valence-corrected chi connectivity index (χ4v) is 1.94. The van der Waals surface area contributed by atoms with E-state index >= 15 is 0 Å². The molecule has 1 aromatic carbocycles. The van der Waals surface area contributed by atoms with Gasteiger partial charge in [0.15, 0.2) is 0 Å². The molecule has 1 aromatic heterocycles. The molecule has 0 saturated heterocycles. The summed E-state index contributed by atoms with van der Waals surface area (Å²) in [4.78, 5) is 11.9. The monoisotopic (exact) mass is 309 g/mol. The Morgan fingerprint density at radius 3 is 2.32 bits per heavy atom. The Labute approximate surface area is 122 Å². The second-order valence-electron chi connectivity index (χ2n) is 4.33. The zero-order valence-corrected chi connectivity index (χ0v) is 11.3. The Kier molecular flexibility index (Phi) is 3.82. The highest BCUT2D eigenvalue weighted by Gasteiger charge is 2.36. The summed E-state index contributed by atoms with van der Waals surface area (Å²) >= 11 is 0. The molecule has 0 aliphatic rings. The van der Waals surface area contributed by atoms with E-state index in [9.17, 15) is 18.0 Å². The van der Waals surface area contributed by atoms with Crippen LogP contribution in [0.2, 0.25) is 0 Å². The highest BCUT2D eigenvalue weighted by Crippen LogP contribution is 2.33. The Balaban J connectivity index is 2.74. The summed E-state index contributed by atoms with van der Waals surface area (Å²) in [5, 5.41) is 8.78. The summed E-state index contributed by atoms with van der Waals surface area (Å²) in [5.74, 6) is 6.03. The van der Waals surface area contributed by atoms with Crippen molar-refractivity contribution in [1.82, 2.24) is 4.68 Å². The van der Waals surface area contributed by atoms with Crippen LogP contribution in [-0.4, -0.2) is 11.8 Å². The van der Waals surface area contributed by atoms with Gasteiger partial charge in [0.2, 0.25) is 0 Å². The van der Waals surface area contributed by atoms with Gasteiger partial charge in [-0.1, -0.05) is 0 Å². The van der Waals surface area contributed by atoms with Gasteiger partial charge in [-0.3, -0.25) is 4.79 Å². The van der Waals surface area contributed by atoms with Crippen LogP contribution in [0.25, 0.3) is 11.3 Å². The van der Waals surface area contributed by atoms with Gasteiger partial charge in [0.25, 0.3) is 5.56 Å². The number of nitriles is 1. The molecule has 0 unspecified atom stereocenters.